The summed E-state index contributed by atoms with van der Waals surface area (Å²) in [6.45, 7) is 4.02. The van der Waals surface area contributed by atoms with Crippen molar-refractivity contribution in [1.29, 1.82) is 0 Å². The van der Waals surface area contributed by atoms with Gasteiger partial charge in [-0.3, -0.25) is 0 Å². The van der Waals surface area contributed by atoms with E-state index in [0.717, 1.165) is 22.0 Å². The number of aromatic nitrogens is 3. The number of ether oxygens (including phenoxy) is 3. The van der Waals surface area contributed by atoms with Gasteiger partial charge in [0.25, 0.3) is 0 Å². The van der Waals surface area contributed by atoms with Gasteiger partial charge in [0.1, 0.15) is 5.69 Å². The fraction of sp³-hybridized carbons (Fsp3) is 0.316. The molecule has 3 aromatic rings. The molecule has 3 rings (SSSR count). The molecular weight excluding hydrogens is 400 g/mol. The number of nitrogens with zero attached hydrogens (tertiary/aromatic N) is 3. The van der Waals surface area contributed by atoms with E-state index in [1.807, 2.05) is 6.92 Å². The van der Waals surface area contributed by atoms with E-state index in [0.29, 0.717) is 39.6 Å². The highest BCUT2D eigenvalue weighted by Crippen LogP contribution is 2.41. The van der Waals surface area contributed by atoms with Gasteiger partial charge in [-0.1, -0.05) is 18.5 Å². The Bertz CT molecular complexity index is 968. The third-order valence-electron chi connectivity index (χ3n) is 4.02. The Morgan fingerprint density at radius 3 is 2.29 bits per heavy atom. The molecule has 148 valence electrons. The maximum absolute atomic E-state index is 6.36. The number of thiazole rings is 1. The van der Waals surface area contributed by atoms with Gasteiger partial charge >= 0.3 is 0 Å². The molecule has 2 aromatic heterocycles. The molecule has 0 spiro atoms. The van der Waals surface area contributed by atoms with Crippen LogP contribution >= 0.6 is 22.9 Å². The number of hydrogen-bond donors (Lipinski definition) is 1. The summed E-state index contributed by atoms with van der Waals surface area (Å²) in [5.41, 5.74) is 2.25. The van der Waals surface area contributed by atoms with Crippen LogP contribution in [0.3, 0.4) is 0 Å². The van der Waals surface area contributed by atoms with Crippen LogP contribution < -0.4 is 19.5 Å². The van der Waals surface area contributed by atoms with E-state index in [-0.39, 0.29) is 0 Å². The van der Waals surface area contributed by atoms with E-state index in [2.05, 4.69) is 27.2 Å². The van der Waals surface area contributed by atoms with Crippen molar-refractivity contribution in [1.82, 2.24) is 15.0 Å². The molecule has 0 radical (unpaired) electrons. The van der Waals surface area contributed by atoms with Crippen molar-refractivity contribution >= 4 is 34.6 Å². The van der Waals surface area contributed by atoms with Crippen molar-refractivity contribution in [2.24, 2.45) is 0 Å². The Kier molecular flexibility index (Phi) is 6.21. The molecule has 1 aromatic carbocycles. The summed E-state index contributed by atoms with van der Waals surface area (Å²) < 4.78 is 16.1. The predicted octanol–water partition coefficient (Wildman–Crippen LogP) is 4.89. The molecule has 7 nitrogen and oxygen atoms in total. The Labute approximate surface area is 172 Å². The van der Waals surface area contributed by atoms with Crippen LogP contribution in [0.4, 0.5) is 11.6 Å². The maximum atomic E-state index is 6.36. The second-order valence-corrected chi connectivity index (χ2v) is 7.30. The van der Waals surface area contributed by atoms with Gasteiger partial charge in [0.2, 0.25) is 11.7 Å². The largest absolute Gasteiger partial charge is 0.493 e. The number of halogens is 1. The highest BCUT2D eigenvalue weighted by Gasteiger charge is 2.17. The SMILES string of the molecule is CCc1nc(C)c(-c2nc(Nc3cc(OC)c(OC)c(OC)c3)ncc2Cl)s1. The molecule has 0 saturated carbocycles. The number of hydrogen-bond acceptors (Lipinski definition) is 8. The van der Waals surface area contributed by atoms with Crippen LogP contribution in [0.15, 0.2) is 18.3 Å². The van der Waals surface area contributed by atoms with E-state index in [9.17, 15) is 0 Å². The monoisotopic (exact) mass is 420 g/mol. The zero-order valence-electron chi connectivity index (χ0n) is 16.3. The first-order valence-corrected chi connectivity index (χ1v) is 9.76. The molecule has 0 atom stereocenters. The van der Waals surface area contributed by atoms with Gasteiger partial charge in [0, 0.05) is 17.8 Å². The Morgan fingerprint density at radius 2 is 1.75 bits per heavy atom. The first-order chi connectivity index (χ1) is 13.5. The molecule has 0 aliphatic heterocycles. The van der Waals surface area contributed by atoms with Crippen molar-refractivity contribution in [2.75, 3.05) is 26.6 Å². The lowest BCUT2D eigenvalue weighted by molar-refractivity contribution is 0.324. The van der Waals surface area contributed by atoms with Crippen LogP contribution in [0.1, 0.15) is 17.6 Å². The minimum Gasteiger partial charge on any atom is -0.493 e. The number of anilines is 2. The fourth-order valence-corrected chi connectivity index (χ4v) is 3.94. The van der Waals surface area contributed by atoms with Crippen LogP contribution in [-0.4, -0.2) is 36.3 Å². The average molecular weight is 421 g/mol. The summed E-state index contributed by atoms with van der Waals surface area (Å²) >= 11 is 7.95. The molecule has 0 unspecified atom stereocenters. The average Bonchev–Trinajstić information content (AvgIpc) is 3.09. The summed E-state index contributed by atoms with van der Waals surface area (Å²) in [5, 5.41) is 4.69. The molecule has 9 heteroatoms. The molecule has 28 heavy (non-hydrogen) atoms. The van der Waals surface area contributed by atoms with Crippen LogP contribution in [0, 0.1) is 6.92 Å². The van der Waals surface area contributed by atoms with Gasteiger partial charge in [0.15, 0.2) is 11.5 Å². The molecule has 0 fully saturated rings. The summed E-state index contributed by atoms with van der Waals surface area (Å²) in [6, 6.07) is 3.57. The molecule has 0 bridgehead atoms. The Balaban J connectivity index is 1.99. The highest BCUT2D eigenvalue weighted by molar-refractivity contribution is 7.15. The summed E-state index contributed by atoms with van der Waals surface area (Å²) in [6.07, 6.45) is 2.44. The number of benzene rings is 1. The molecule has 0 aliphatic rings. The lowest BCUT2D eigenvalue weighted by atomic mass is 10.2. The minimum absolute atomic E-state index is 0.402. The van der Waals surface area contributed by atoms with Crippen molar-refractivity contribution < 1.29 is 14.2 Å². The van der Waals surface area contributed by atoms with Crippen molar-refractivity contribution in [3.63, 3.8) is 0 Å². The number of aryl methyl sites for hydroxylation is 2. The first kappa shape index (κ1) is 20.2. The third kappa shape index (κ3) is 3.98. The van der Waals surface area contributed by atoms with Crippen molar-refractivity contribution in [3.05, 3.63) is 34.1 Å². The highest BCUT2D eigenvalue weighted by atomic mass is 35.5. The predicted molar refractivity (Wildman–Crippen MR) is 112 cm³/mol. The van der Waals surface area contributed by atoms with Gasteiger partial charge in [0.05, 0.1) is 48.1 Å². The second-order valence-electron chi connectivity index (χ2n) is 5.80. The Morgan fingerprint density at radius 1 is 1.07 bits per heavy atom. The third-order valence-corrected chi connectivity index (χ3v) is 5.61. The van der Waals surface area contributed by atoms with E-state index < -0.39 is 0 Å². The molecular formula is C19H21ClN4O3S. The molecule has 0 aliphatic carbocycles. The maximum Gasteiger partial charge on any atom is 0.227 e. The standard InChI is InChI=1S/C19H21ClN4O3S/c1-6-15-22-10(2)18(28-15)16-12(20)9-21-19(24-16)23-11-7-13(25-3)17(27-5)14(8-11)26-4/h7-9H,6H2,1-5H3,(H,21,23,24). The molecule has 1 N–H and O–H groups in total. The van der Waals surface area contributed by atoms with Crippen LogP contribution in [-0.2, 0) is 6.42 Å². The number of nitrogens with one attached hydrogen (secondary N) is 1. The summed E-state index contributed by atoms with van der Waals surface area (Å²) in [5.74, 6) is 1.98. The van der Waals surface area contributed by atoms with Crippen LogP contribution in [0.25, 0.3) is 10.6 Å². The zero-order valence-corrected chi connectivity index (χ0v) is 17.9. The van der Waals surface area contributed by atoms with Crippen LogP contribution in [0.2, 0.25) is 5.02 Å². The van der Waals surface area contributed by atoms with Crippen molar-refractivity contribution in [3.8, 4) is 27.8 Å². The minimum atomic E-state index is 0.402. The van der Waals surface area contributed by atoms with Crippen molar-refractivity contribution in [2.45, 2.75) is 20.3 Å². The van der Waals surface area contributed by atoms with Gasteiger partial charge in [-0.25, -0.2) is 15.0 Å². The van der Waals surface area contributed by atoms with E-state index >= 15 is 0 Å². The molecule has 0 amide bonds. The molecule has 0 saturated heterocycles. The summed E-state index contributed by atoms with van der Waals surface area (Å²) in [7, 11) is 4.69. The topological polar surface area (TPSA) is 78.4 Å². The van der Waals surface area contributed by atoms with E-state index in [1.54, 1.807) is 51.0 Å². The zero-order chi connectivity index (χ0) is 20.3. The quantitative estimate of drug-likeness (QED) is 0.582. The smallest absolute Gasteiger partial charge is 0.227 e. The number of methoxy groups -OCH3 is 3. The lowest BCUT2D eigenvalue weighted by Crippen LogP contribution is -2.01. The normalized spacial score (nSPS) is 10.6. The van der Waals surface area contributed by atoms with E-state index in [4.69, 9.17) is 25.8 Å². The Hall–Kier alpha value is -2.58. The van der Waals surface area contributed by atoms with Gasteiger partial charge in [-0.15, -0.1) is 11.3 Å². The lowest BCUT2D eigenvalue weighted by Gasteiger charge is -2.15. The van der Waals surface area contributed by atoms with Gasteiger partial charge < -0.3 is 19.5 Å². The van der Waals surface area contributed by atoms with Gasteiger partial charge in [-0.2, -0.15) is 0 Å². The fourth-order valence-electron chi connectivity index (χ4n) is 2.69. The number of rotatable bonds is 7. The second kappa shape index (κ2) is 8.62. The molecule has 2 heterocycles. The summed E-state index contributed by atoms with van der Waals surface area (Å²) in [4.78, 5) is 14.4. The first-order valence-electron chi connectivity index (χ1n) is 8.56. The van der Waals surface area contributed by atoms with E-state index in [1.165, 1.54) is 0 Å². The van der Waals surface area contributed by atoms with Crippen LogP contribution in [0.5, 0.6) is 17.2 Å². The van der Waals surface area contributed by atoms with Gasteiger partial charge in [-0.05, 0) is 13.3 Å².